The molecule has 10 bridgehead atoms. The van der Waals surface area contributed by atoms with Crippen LogP contribution in [0.1, 0.15) is 136 Å². The van der Waals surface area contributed by atoms with Crippen LogP contribution in [0.15, 0.2) is 24.3 Å². The summed E-state index contributed by atoms with van der Waals surface area (Å²) < 4.78 is 102. The van der Waals surface area contributed by atoms with E-state index in [1.165, 1.54) is 0 Å². The first-order valence-corrected chi connectivity index (χ1v) is 30.4. The van der Waals surface area contributed by atoms with E-state index >= 15 is 0 Å². The van der Waals surface area contributed by atoms with Crippen LogP contribution >= 0.6 is 22.6 Å². The molecular formula is C56H80INO18. The van der Waals surface area contributed by atoms with Crippen molar-refractivity contribution in [2.75, 3.05) is 6.54 Å². The number of alkyl halides is 1. The van der Waals surface area contributed by atoms with Crippen molar-refractivity contribution in [3.05, 3.63) is 24.3 Å². The summed E-state index contributed by atoms with van der Waals surface area (Å²) in [5.74, 6) is -2.80. The Morgan fingerprint density at radius 3 is 2.22 bits per heavy atom. The van der Waals surface area contributed by atoms with Crippen molar-refractivity contribution in [3.63, 3.8) is 0 Å². The predicted molar refractivity (Wildman–Crippen MR) is 272 cm³/mol. The summed E-state index contributed by atoms with van der Waals surface area (Å²) in [5, 5.41) is 22.1. The zero-order chi connectivity index (χ0) is 52.0. The Morgan fingerprint density at radius 1 is 0.592 bits per heavy atom. The number of nitrogens with two attached hydrogens (primary N) is 1. The van der Waals surface area contributed by atoms with Crippen molar-refractivity contribution in [2.45, 2.75) is 298 Å². The van der Waals surface area contributed by atoms with Crippen molar-refractivity contribution < 1.29 is 86.1 Å². The van der Waals surface area contributed by atoms with Gasteiger partial charge in [0.1, 0.15) is 48.8 Å². The molecule has 0 aromatic heterocycles. The van der Waals surface area contributed by atoms with Gasteiger partial charge in [-0.1, -0.05) is 49.6 Å². The molecule has 14 heterocycles. The van der Waals surface area contributed by atoms with Gasteiger partial charge in [0.05, 0.1) is 89.7 Å². The van der Waals surface area contributed by atoms with Gasteiger partial charge in [-0.25, -0.2) is 0 Å². The van der Waals surface area contributed by atoms with Gasteiger partial charge in [0, 0.05) is 57.8 Å². The van der Waals surface area contributed by atoms with Crippen LogP contribution < -0.4 is 5.73 Å². The third kappa shape index (κ3) is 9.65. The largest absolute Gasteiger partial charge is 0.459 e. The molecule has 2 unspecified atom stereocenters. The second-order valence-corrected chi connectivity index (χ2v) is 26.9. The summed E-state index contributed by atoms with van der Waals surface area (Å²) in [5.41, 5.74) is 7.83. The van der Waals surface area contributed by atoms with Crippen molar-refractivity contribution in [1.82, 2.24) is 0 Å². The average molecular weight is 1180 g/mol. The van der Waals surface area contributed by atoms with E-state index in [1.54, 1.807) is 0 Å². The molecule has 0 aromatic carbocycles. The first-order valence-electron chi connectivity index (χ1n) is 29.2. The lowest BCUT2D eigenvalue weighted by Gasteiger charge is -2.49. The molecule has 19 nitrogen and oxygen atoms in total. The van der Waals surface area contributed by atoms with Gasteiger partial charge in [0.25, 0.3) is 0 Å². The Morgan fingerprint density at radius 2 is 1.36 bits per heavy atom. The Balaban J connectivity index is 0.678. The number of halogens is 1. The summed E-state index contributed by atoms with van der Waals surface area (Å²) in [7, 11) is 0. The second kappa shape index (κ2) is 20.4. The van der Waals surface area contributed by atoms with Crippen LogP contribution in [-0.2, 0) is 75.8 Å². The number of carbonyl (C=O) groups is 1. The summed E-state index contributed by atoms with van der Waals surface area (Å²) in [4.78, 5) is 14.4. The highest BCUT2D eigenvalue weighted by Gasteiger charge is 2.66. The van der Waals surface area contributed by atoms with E-state index in [9.17, 15) is 15.0 Å². The molecule has 14 saturated heterocycles. The van der Waals surface area contributed by atoms with Crippen molar-refractivity contribution in [3.8, 4) is 0 Å². The highest BCUT2D eigenvalue weighted by Crippen LogP contribution is 2.55. The van der Waals surface area contributed by atoms with Crippen LogP contribution in [0.3, 0.4) is 0 Å². The Kier molecular flexibility index (Phi) is 14.2. The van der Waals surface area contributed by atoms with Gasteiger partial charge in [-0.15, -0.1) is 0 Å². The topological polar surface area (TPSA) is 222 Å². The minimum Gasteiger partial charge on any atom is -0.459 e. The minimum absolute atomic E-state index is 0.0419. The predicted octanol–water partition coefficient (Wildman–Crippen LogP) is 4.98. The second-order valence-electron chi connectivity index (χ2n) is 25.4. The van der Waals surface area contributed by atoms with Crippen LogP contribution in [0, 0.1) is 11.8 Å². The molecule has 14 aliphatic rings. The maximum atomic E-state index is 14.4. The molecule has 29 atom stereocenters. The van der Waals surface area contributed by atoms with Crippen LogP contribution in [0.25, 0.3) is 0 Å². The van der Waals surface area contributed by atoms with Gasteiger partial charge in [0.15, 0.2) is 29.9 Å². The Labute approximate surface area is 458 Å². The molecule has 0 aliphatic carbocycles. The van der Waals surface area contributed by atoms with E-state index in [1.807, 2.05) is 0 Å². The molecular weight excluding hydrogens is 1100 g/mol. The number of aliphatic hydroxyl groups is 2. The summed E-state index contributed by atoms with van der Waals surface area (Å²) in [6.07, 6.45) is 1.69. The van der Waals surface area contributed by atoms with Crippen molar-refractivity contribution in [2.24, 2.45) is 17.6 Å². The van der Waals surface area contributed by atoms with E-state index < -0.39 is 84.9 Å². The van der Waals surface area contributed by atoms with Gasteiger partial charge in [0.2, 0.25) is 0 Å². The summed E-state index contributed by atoms with van der Waals surface area (Å²) in [6, 6.07) is 0. The number of ether oxygens (including phenoxy) is 15. The molecule has 0 radical (unpaired) electrons. The van der Waals surface area contributed by atoms with Gasteiger partial charge >= 0.3 is 5.97 Å². The van der Waals surface area contributed by atoms with Crippen molar-refractivity contribution in [1.29, 1.82) is 0 Å². The number of aliphatic hydroxyl groups excluding tert-OH is 2. The maximum absolute atomic E-state index is 14.4. The normalized spacial score (nSPS) is 56.2. The Hall–Kier alpha value is -1.00. The van der Waals surface area contributed by atoms with Gasteiger partial charge < -0.3 is 87.0 Å². The lowest BCUT2D eigenvalue weighted by molar-refractivity contribution is -0.383. The summed E-state index contributed by atoms with van der Waals surface area (Å²) >= 11 is 2.38. The first-order chi connectivity index (χ1) is 36.6. The monoisotopic (exact) mass is 1180 g/mol. The SMILES string of the molecule is C=C1C[C@@H]2CC[C@]34CC(O)C(O3)[C@@H]3O[C@H]5CC[C@H](CC(=O)O[C@@H]6C[C@@H]7O[C@@H]8C[C@]9(C[C@@H]%10O[C@@]%11(CC[C@@H]%10O9)C[C@H](C)[C@@H]9O[C@H]([C@@H](O)CCN)C[C@@H]9O%11)O[C@@H]8O[C@@H]7O[C@H]6C[C@H]6O[C@@H](CC[C@@H]1O2)C[C@@H](C)C6=C)O[C@@H]5[C@H](O4)[C@@H]3I. The molecule has 14 aliphatic heterocycles. The molecule has 4 N–H and O–H groups in total. The van der Waals surface area contributed by atoms with Gasteiger partial charge in [-0.3, -0.25) is 4.79 Å². The number of hydrogen-bond acceptors (Lipinski definition) is 19. The molecule has 0 amide bonds. The zero-order valence-electron chi connectivity index (χ0n) is 43.9. The quantitative estimate of drug-likeness (QED) is 0.147. The van der Waals surface area contributed by atoms with Crippen LogP contribution in [-0.4, -0.2) is 185 Å². The maximum Gasteiger partial charge on any atom is 0.308 e. The molecule has 3 spiro atoms. The highest BCUT2D eigenvalue weighted by atomic mass is 127. The van der Waals surface area contributed by atoms with E-state index in [4.69, 9.17) is 76.8 Å². The van der Waals surface area contributed by atoms with E-state index in [0.29, 0.717) is 90.0 Å². The standard InChI is InChI=1S/C56H80INO18/c1-25-15-29-5-7-34-26(2)16-31(62-34)9-12-55-22-33(60)48(74-55)50-46(57)51(75-55)49-36(67-50)8-6-30(64-49)17-45(61)66-39-20-42-52(69-40(39)18-37(63-29)28(25)4)70-53-44(65-42)24-56(76-53)23-43-35(71-56)10-13-54(73-43)21-27(3)47-41(72-54)19-38(68-47)32(59)11-14-58/h25,27,29-44,46-53,59-60H,2,4-24,58H2,1,3H3/t25-,27+,29+,30-,31+,32+,33?,34+,35+,36+,37-,38+,39-,40+,41+,42+,43+,44-,46-,47+,48?,49+,50-,51-,52+,53+,54+,55+,56+/m1/s1. The third-order valence-electron chi connectivity index (χ3n) is 20.1. The lowest BCUT2D eigenvalue weighted by Crippen LogP contribution is -2.63. The molecule has 20 heteroatoms. The number of carbonyl (C=O) groups excluding carboxylic acids is 1. The molecule has 0 aromatic rings. The lowest BCUT2D eigenvalue weighted by atomic mass is 9.83. The van der Waals surface area contributed by atoms with E-state index in [-0.39, 0.29) is 101 Å². The van der Waals surface area contributed by atoms with Gasteiger partial charge in [-0.05, 0) is 87.3 Å². The molecule has 0 saturated carbocycles. The fourth-order valence-electron chi connectivity index (χ4n) is 16.3. The fraction of sp³-hybridized carbons (Fsp3) is 0.911. The highest BCUT2D eigenvalue weighted by molar-refractivity contribution is 14.1. The number of rotatable bonds is 3. The van der Waals surface area contributed by atoms with Gasteiger partial charge in [-0.2, -0.15) is 0 Å². The molecule has 76 heavy (non-hydrogen) atoms. The van der Waals surface area contributed by atoms with Crippen LogP contribution in [0.4, 0.5) is 0 Å². The van der Waals surface area contributed by atoms with Crippen molar-refractivity contribution >= 4 is 28.6 Å². The average Bonchev–Trinajstić information content (AvgIpc) is 4.28. The smallest absolute Gasteiger partial charge is 0.308 e. The van der Waals surface area contributed by atoms with Crippen LogP contribution in [0.5, 0.6) is 0 Å². The van der Waals surface area contributed by atoms with E-state index in [0.717, 1.165) is 43.3 Å². The minimum atomic E-state index is -1.02. The Bertz CT molecular complexity index is 2210. The number of fused-ring (bicyclic) bond motifs is 13. The van der Waals surface area contributed by atoms with Crippen LogP contribution in [0.2, 0.25) is 0 Å². The molecule has 14 rings (SSSR count). The van der Waals surface area contributed by atoms with E-state index in [2.05, 4.69) is 49.6 Å². The number of esters is 1. The molecule has 424 valence electrons. The summed E-state index contributed by atoms with van der Waals surface area (Å²) in [6.45, 7) is 13.8. The zero-order valence-corrected chi connectivity index (χ0v) is 46.1. The first kappa shape index (κ1) is 53.0. The third-order valence-corrected chi connectivity index (χ3v) is 21.5. The number of hydrogen-bond donors (Lipinski definition) is 3. The fourth-order valence-corrected chi connectivity index (χ4v) is 17.4. The molecule has 14 fully saturated rings.